The van der Waals surface area contributed by atoms with Gasteiger partial charge in [0.15, 0.2) is 0 Å². The molecule has 1 rings (SSSR count). The molecule has 0 fully saturated rings. The van der Waals surface area contributed by atoms with E-state index in [9.17, 15) is 9.59 Å². The number of hydrogen-bond acceptors (Lipinski definition) is 2. The van der Waals surface area contributed by atoms with Crippen LogP contribution in [-0.2, 0) is 4.79 Å². The number of nitrogens with one attached hydrogen (secondary N) is 2. The molecule has 0 unspecified atom stereocenters. The van der Waals surface area contributed by atoms with Gasteiger partial charge in [0.25, 0.3) is 5.91 Å². The highest BCUT2D eigenvalue weighted by Gasteiger charge is 2.21. The minimum Gasteiger partial charge on any atom is -0.480 e. The van der Waals surface area contributed by atoms with E-state index >= 15 is 0 Å². The van der Waals surface area contributed by atoms with Gasteiger partial charge in [-0.25, -0.2) is 4.79 Å². The molecule has 0 radical (unpaired) electrons. The number of carboxylic acids is 1. The molecular formula is C10H12Cl2N2O3. The summed E-state index contributed by atoms with van der Waals surface area (Å²) in [7, 11) is 0. The Labute approximate surface area is 108 Å². The lowest BCUT2D eigenvalue weighted by atomic mass is 10.1. The molecule has 0 spiro atoms. The van der Waals surface area contributed by atoms with Crippen molar-refractivity contribution in [2.75, 3.05) is 0 Å². The quantitative estimate of drug-likeness (QED) is 0.773. The molecule has 1 amide bonds. The molecule has 7 heteroatoms. The summed E-state index contributed by atoms with van der Waals surface area (Å²) in [6, 6.07) is 0.442. The molecule has 17 heavy (non-hydrogen) atoms. The Morgan fingerprint density at radius 1 is 1.53 bits per heavy atom. The summed E-state index contributed by atoms with van der Waals surface area (Å²) in [5.41, 5.74) is 0.141. The monoisotopic (exact) mass is 278 g/mol. The van der Waals surface area contributed by atoms with Gasteiger partial charge in [-0.2, -0.15) is 0 Å². The zero-order valence-electron chi connectivity index (χ0n) is 9.09. The standard InChI is InChI=1S/C10H12Cl2N2O3/c1-2-3-6(10(16)17)14-9(15)7-4-5(11)8(12)13-7/h4,6,13H,2-3H2,1H3,(H,14,15)(H,16,17)/t6-/m0/s1. The summed E-state index contributed by atoms with van der Waals surface area (Å²) in [6.07, 6.45) is 1.02. The van der Waals surface area contributed by atoms with Crippen molar-refractivity contribution < 1.29 is 14.7 Å². The largest absolute Gasteiger partial charge is 0.480 e. The molecule has 1 aromatic rings. The molecule has 1 atom stereocenters. The first-order chi connectivity index (χ1) is 7.95. The van der Waals surface area contributed by atoms with Gasteiger partial charge in [-0.05, 0) is 12.5 Å². The second-order valence-corrected chi connectivity index (χ2v) is 4.28. The van der Waals surface area contributed by atoms with Crippen molar-refractivity contribution in [3.63, 3.8) is 0 Å². The van der Waals surface area contributed by atoms with Crippen LogP contribution in [0.5, 0.6) is 0 Å². The summed E-state index contributed by atoms with van der Waals surface area (Å²) >= 11 is 11.3. The second kappa shape index (κ2) is 5.93. The van der Waals surface area contributed by atoms with Gasteiger partial charge in [-0.1, -0.05) is 36.5 Å². The van der Waals surface area contributed by atoms with Crippen molar-refractivity contribution in [1.82, 2.24) is 10.3 Å². The Morgan fingerprint density at radius 2 is 2.18 bits per heavy atom. The van der Waals surface area contributed by atoms with E-state index in [0.29, 0.717) is 12.8 Å². The smallest absolute Gasteiger partial charge is 0.326 e. The second-order valence-electron chi connectivity index (χ2n) is 3.50. The number of hydrogen-bond donors (Lipinski definition) is 3. The van der Waals surface area contributed by atoms with Gasteiger partial charge in [-0.15, -0.1) is 0 Å². The number of aromatic nitrogens is 1. The third-order valence-corrected chi connectivity index (χ3v) is 2.84. The number of aliphatic carboxylic acids is 1. The van der Waals surface area contributed by atoms with Gasteiger partial charge in [0, 0.05) is 0 Å². The van der Waals surface area contributed by atoms with Gasteiger partial charge in [-0.3, -0.25) is 4.79 Å². The molecule has 0 aliphatic heterocycles. The van der Waals surface area contributed by atoms with Crippen LogP contribution in [0.4, 0.5) is 0 Å². The molecule has 94 valence electrons. The number of amides is 1. The predicted molar refractivity (Wildman–Crippen MR) is 64.6 cm³/mol. The summed E-state index contributed by atoms with van der Waals surface area (Å²) in [4.78, 5) is 25.1. The Hall–Kier alpha value is -1.20. The Bertz CT molecular complexity index is 412. The first kappa shape index (κ1) is 13.9. The maximum atomic E-state index is 11.7. The van der Waals surface area contributed by atoms with Crippen molar-refractivity contribution in [2.24, 2.45) is 0 Å². The van der Waals surface area contributed by atoms with E-state index < -0.39 is 17.9 Å². The van der Waals surface area contributed by atoms with Crippen LogP contribution >= 0.6 is 23.2 Å². The zero-order chi connectivity index (χ0) is 13.0. The van der Waals surface area contributed by atoms with Crippen molar-refractivity contribution in [2.45, 2.75) is 25.8 Å². The van der Waals surface area contributed by atoms with E-state index in [1.807, 2.05) is 6.92 Å². The lowest BCUT2D eigenvalue weighted by Gasteiger charge is -2.12. The van der Waals surface area contributed by atoms with Crippen LogP contribution in [0.3, 0.4) is 0 Å². The average molecular weight is 279 g/mol. The Balaban J connectivity index is 2.73. The van der Waals surface area contributed by atoms with Crippen LogP contribution < -0.4 is 5.32 Å². The van der Waals surface area contributed by atoms with E-state index in [0.717, 1.165) is 0 Å². The van der Waals surface area contributed by atoms with Crippen LogP contribution in [0.25, 0.3) is 0 Å². The van der Waals surface area contributed by atoms with E-state index in [4.69, 9.17) is 28.3 Å². The maximum absolute atomic E-state index is 11.7. The molecule has 0 saturated carbocycles. The SMILES string of the molecule is CCC[C@H](NC(=O)c1cc(Cl)c(Cl)[nH]1)C(=O)O. The third kappa shape index (κ3) is 3.64. The van der Waals surface area contributed by atoms with Crippen molar-refractivity contribution in [1.29, 1.82) is 0 Å². The van der Waals surface area contributed by atoms with E-state index in [1.165, 1.54) is 6.07 Å². The van der Waals surface area contributed by atoms with Crippen LogP contribution in [-0.4, -0.2) is 28.0 Å². The number of H-pyrrole nitrogens is 1. The molecule has 1 heterocycles. The zero-order valence-corrected chi connectivity index (χ0v) is 10.6. The van der Waals surface area contributed by atoms with Crippen molar-refractivity contribution in [3.8, 4) is 0 Å². The number of rotatable bonds is 5. The molecule has 5 nitrogen and oxygen atoms in total. The number of carbonyl (C=O) groups is 2. The highest BCUT2D eigenvalue weighted by molar-refractivity contribution is 6.41. The van der Waals surface area contributed by atoms with E-state index in [-0.39, 0.29) is 15.9 Å². The highest BCUT2D eigenvalue weighted by Crippen LogP contribution is 2.21. The van der Waals surface area contributed by atoms with Crippen LogP contribution in [0.1, 0.15) is 30.3 Å². The first-order valence-electron chi connectivity index (χ1n) is 5.03. The van der Waals surface area contributed by atoms with E-state index in [1.54, 1.807) is 0 Å². The Kier molecular flexibility index (Phi) is 4.84. The lowest BCUT2D eigenvalue weighted by molar-refractivity contribution is -0.139. The number of halogens is 2. The first-order valence-corrected chi connectivity index (χ1v) is 5.79. The van der Waals surface area contributed by atoms with Crippen molar-refractivity contribution >= 4 is 35.1 Å². The molecule has 0 bridgehead atoms. The summed E-state index contributed by atoms with van der Waals surface area (Å²) in [6.45, 7) is 1.84. The van der Waals surface area contributed by atoms with Crippen LogP contribution in [0.15, 0.2) is 6.07 Å². The van der Waals surface area contributed by atoms with Gasteiger partial charge in [0.2, 0.25) is 0 Å². The Morgan fingerprint density at radius 3 is 2.59 bits per heavy atom. The minimum absolute atomic E-state index is 0.141. The van der Waals surface area contributed by atoms with Crippen LogP contribution in [0, 0.1) is 0 Å². The van der Waals surface area contributed by atoms with Gasteiger partial charge in [0.1, 0.15) is 16.9 Å². The third-order valence-electron chi connectivity index (χ3n) is 2.15. The van der Waals surface area contributed by atoms with E-state index in [2.05, 4.69) is 10.3 Å². The van der Waals surface area contributed by atoms with Crippen LogP contribution in [0.2, 0.25) is 10.2 Å². The lowest BCUT2D eigenvalue weighted by Crippen LogP contribution is -2.40. The molecule has 0 saturated heterocycles. The topological polar surface area (TPSA) is 82.2 Å². The fourth-order valence-electron chi connectivity index (χ4n) is 1.31. The van der Waals surface area contributed by atoms with Gasteiger partial charge < -0.3 is 15.4 Å². The molecule has 0 aliphatic carbocycles. The number of carbonyl (C=O) groups excluding carboxylic acids is 1. The molecule has 0 aliphatic rings. The number of aromatic amines is 1. The normalized spacial score (nSPS) is 12.2. The minimum atomic E-state index is -1.07. The summed E-state index contributed by atoms with van der Waals surface area (Å²) in [5, 5.41) is 11.6. The maximum Gasteiger partial charge on any atom is 0.326 e. The highest BCUT2D eigenvalue weighted by atomic mass is 35.5. The number of carboxylic acid groups (broad SMARTS) is 1. The molecule has 0 aromatic carbocycles. The van der Waals surface area contributed by atoms with Gasteiger partial charge >= 0.3 is 5.97 Å². The fourth-order valence-corrected chi connectivity index (χ4v) is 1.62. The molecular weight excluding hydrogens is 267 g/mol. The molecule has 3 N–H and O–H groups in total. The van der Waals surface area contributed by atoms with Crippen molar-refractivity contribution in [3.05, 3.63) is 21.9 Å². The van der Waals surface area contributed by atoms with Gasteiger partial charge in [0.05, 0.1) is 5.02 Å². The summed E-state index contributed by atoms with van der Waals surface area (Å²) in [5.74, 6) is -1.61. The predicted octanol–water partition coefficient (Wildman–Crippen LogP) is 2.30. The average Bonchev–Trinajstić information content (AvgIpc) is 2.58. The molecule has 1 aromatic heterocycles. The summed E-state index contributed by atoms with van der Waals surface area (Å²) < 4.78 is 0. The fraction of sp³-hybridized carbons (Fsp3) is 0.400.